The molecule has 8 heteroatoms. The summed E-state index contributed by atoms with van der Waals surface area (Å²) in [5.41, 5.74) is 0.441. The Hall–Kier alpha value is -0.980. The van der Waals surface area contributed by atoms with Crippen molar-refractivity contribution in [2.45, 2.75) is 44.2 Å². The number of benzene rings is 1. The second kappa shape index (κ2) is 9.10. The van der Waals surface area contributed by atoms with Crippen molar-refractivity contribution in [3.8, 4) is 0 Å². The Morgan fingerprint density at radius 1 is 1.44 bits per heavy atom. The lowest BCUT2D eigenvalue weighted by Gasteiger charge is -2.21. The first-order chi connectivity index (χ1) is 11.5. The number of anilines is 1. The number of carbonyl (C=O) groups is 1. The first kappa shape index (κ1) is 20.3. The topological polar surface area (TPSA) is 44.7 Å². The molecule has 3 rings (SSSR count). The Kier molecular flexibility index (Phi) is 7.40. The van der Waals surface area contributed by atoms with Gasteiger partial charge in [-0.3, -0.25) is 9.79 Å². The molecule has 0 bridgehead atoms. The molecule has 138 valence electrons. The molecular weight excluding hydrogens is 384 g/mol. The number of amidine groups is 1. The van der Waals surface area contributed by atoms with Crippen LogP contribution in [0.4, 0.5) is 10.1 Å². The quantitative estimate of drug-likeness (QED) is 0.797. The van der Waals surface area contributed by atoms with E-state index in [-0.39, 0.29) is 29.4 Å². The van der Waals surface area contributed by atoms with Gasteiger partial charge in [-0.2, -0.15) is 0 Å². The summed E-state index contributed by atoms with van der Waals surface area (Å²) in [5, 5.41) is 4.01. The van der Waals surface area contributed by atoms with Crippen LogP contribution in [-0.4, -0.2) is 40.9 Å². The van der Waals surface area contributed by atoms with Crippen LogP contribution in [0.2, 0.25) is 5.02 Å². The normalized spacial score (nSPS) is 22.3. The third-order valence-corrected chi connectivity index (χ3v) is 6.01. The lowest BCUT2D eigenvalue weighted by molar-refractivity contribution is -0.116. The van der Waals surface area contributed by atoms with Crippen molar-refractivity contribution in [3.05, 3.63) is 29.0 Å². The lowest BCUT2D eigenvalue weighted by Crippen LogP contribution is -2.34. The van der Waals surface area contributed by atoms with Gasteiger partial charge in [0.15, 0.2) is 5.17 Å². The van der Waals surface area contributed by atoms with E-state index in [2.05, 4.69) is 10.2 Å². The minimum atomic E-state index is -0.419. The second-order valence-electron chi connectivity index (χ2n) is 6.30. The Balaban J connectivity index is 0.00000225. The minimum absolute atomic E-state index is 0. The molecule has 4 nitrogen and oxygen atoms in total. The van der Waals surface area contributed by atoms with Gasteiger partial charge in [0.1, 0.15) is 5.82 Å². The highest BCUT2D eigenvalue weighted by molar-refractivity contribution is 8.14. The minimum Gasteiger partial charge on any atom is -0.350 e. The van der Waals surface area contributed by atoms with Gasteiger partial charge in [-0.1, -0.05) is 36.2 Å². The first-order valence-corrected chi connectivity index (χ1v) is 9.57. The van der Waals surface area contributed by atoms with Crippen LogP contribution in [0.1, 0.15) is 32.1 Å². The van der Waals surface area contributed by atoms with E-state index in [9.17, 15) is 9.18 Å². The van der Waals surface area contributed by atoms with Crippen LogP contribution in [0.15, 0.2) is 23.2 Å². The van der Waals surface area contributed by atoms with Gasteiger partial charge in [0.25, 0.3) is 0 Å². The van der Waals surface area contributed by atoms with Gasteiger partial charge < -0.3 is 10.2 Å². The molecule has 1 amide bonds. The summed E-state index contributed by atoms with van der Waals surface area (Å²) >= 11 is 7.67. The Labute approximate surface area is 163 Å². The molecule has 1 aromatic rings. The number of hydrogen-bond acceptors (Lipinski definition) is 3. The monoisotopic (exact) mass is 405 g/mol. The van der Waals surface area contributed by atoms with Crippen LogP contribution in [0.25, 0.3) is 0 Å². The standard InChI is InChI=1S/C17H21ClFN3OS.ClH/c1-22-13(10-24-17(22)20-12-4-2-3-5-12)9-16(23)21-15-7-6-11(19)8-14(15)18;/h6-8,12-13H,2-5,9-10H2,1H3,(H,21,23);1H/b20-17-;. The largest absolute Gasteiger partial charge is 0.350 e. The number of carbonyl (C=O) groups excluding carboxylic acids is 1. The molecule has 0 radical (unpaired) electrons. The maximum atomic E-state index is 13.1. The summed E-state index contributed by atoms with van der Waals surface area (Å²) in [7, 11) is 2.00. The number of rotatable bonds is 4. The molecule has 2 fully saturated rings. The number of amides is 1. The number of nitrogens with one attached hydrogen (secondary N) is 1. The first-order valence-electron chi connectivity index (χ1n) is 8.21. The summed E-state index contributed by atoms with van der Waals surface area (Å²) in [4.78, 5) is 19.2. The average Bonchev–Trinajstić information content (AvgIpc) is 3.16. The molecule has 1 saturated heterocycles. The summed E-state index contributed by atoms with van der Waals surface area (Å²) in [6.07, 6.45) is 5.24. The number of hydrogen-bond donors (Lipinski definition) is 1. The number of thioether (sulfide) groups is 1. The van der Waals surface area contributed by atoms with Gasteiger partial charge in [0, 0.05) is 25.3 Å². The molecule has 1 atom stereocenters. The molecule has 1 unspecified atom stereocenters. The number of aliphatic imine (C=N–C) groups is 1. The summed E-state index contributed by atoms with van der Waals surface area (Å²) in [6, 6.07) is 4.53. The summed E-state index contributed by atoms with van der Waals surface area (Å²) in [6.45, 7) is 0. The predicted octanol–water partition coefficient (Wildman–Crippen LogP) is 4.58. The van der Waals surface area contributed by atoms with E-state index in [0.717, 1.165) is 10.9 Å². The van der Waals surface area contributed by atoms with Crippen molar-refractivity contribution < 1.29 is 9.18 Å². The maximum Gasteiger partial charge on any atom is 0.226 e. The van der Waals surface area contributed by atoms with Crippen molar-refractivity contribution in [2.75, 3.05) is 18.1 Å². The molecule has 0 aromatic heterocycles. The lowest BCUT2D eigenvalue weighted by atomic mass is 10.2. The van der Waals surface area contributed by atoms with E-state index in [4.69, 9.17) is 16.6 Å². The zero-order valence-electron chi connectivity index (χ0n) is 14.0. The van der Waals surface area contributed by atoms with Crippen LogP contribution in [0.5, 0.6) is 0 Å². The van der Waals surface area contributed by atoms with Crippen LogP contribution >= 0.6 is 35.8 Å². The van der Waals surface area contributed by atoms with E-state index < -0.39 is 5.82 Å². The second-order valence-corrected chi connectivity index (χ2v) is 7.70. The zero-order valence-corrected chi connectivity index (χ0v) is 16.4. The molecular formula is C17H22Cl2FN3OS. The molecule has 1 saturated carbocycles. The van der Waals surface area contributed by atoms with Crippen molar-refractivity contribution in [1.82, 2.24) is 4.90 Å². The zero-order chi connectivity index (χ0) is 17.1. The molecule has 1 heterocycles. The third kappa shape index (κ3) is 5.25. The van der Waals surface area contributed by atoms with Gasteiger partial charge >= 0.3 is 0 Å². The fourth-order valence-corrected chi connectivity index (χ4v) is 4.53. The molecule has 1 aliphatic heterocycles. The maximum absolute atomic E-state index is 13.1. The van der Waals surface area contributed by atoms with Crippen LogP contribution in [0.3, 0.4) is 0 Å². The summed E-state index contributed by atoms with van der Waals surface area (Å²) in [5.74, 6) is 0.313. The van der Waals surface area contributed by atoms with Crippen molar-refractivity contribution in [3.63, 3.8) is 0 Å². The molecule has 0 spiro atoms. The van der Waals surface area contributed by atoms with Gasteiger partial charge in [-0.05, 0) is 31.0 Å². The molecule has 25 heavy (non-hydrogen) atoms. The van der Waals surface area contributed by atoms with E-state index >= 15 is 0 Å². The summed E-state index contributed by atoms with van der Waals surface area (Å²) < 4.78 is 13.1. The van der Waals surface area contributed by atoms with Crippen LogP contribution in [-0.2, 0) is 4.79 Å². The number of halogens is 3. The Bertz CT molecular complexity index is 653. The molecule has 1 N–H and O–H groups in total. The highest BCUT2D eigenvalue weighted by atomic mass is 35.5. The molecule has 1 aromatic carbocycles. The van der Waals surface area contributed by atoms with Crippen molar-refractivity contribution >= 4 is 52.5 Å². The third-order valence-electron chi connectivity index (χ3n) is 4.50. The highest BCUT2D eigenvalue weighted by Crippen LogP contribution is 2.29. The predicted molar refractivity (Wildman–Crippen MR) is 106 cm³/mol. The van der Waals surface area contributed by atoms with Crippen molar-refractivity contribution in [1.29, 1.82) is 0 Å². The van der Waals surface area contributed by atoms with Gasteiger partial charge in [-0.25, -0.2) is 4.39 Å². The van der Waals surface area contributed by atoms with E-state index in [1.54, 1.807) is 11.8 Å². The smallest absolute Gasteiger partial charge is 0.226 e. The van der Waals surface area contributed by atoms with Crippen LogP contribution < -0.4 is 5.32 Å². The average molecular weight is 406 g/mol. The van der Waals surface area contributed by atoms with Crippen molar-refractivity contribution in [2.24, 2.45) is 4.99 Å². The molecule has 2 aliphatic rings. The van der Waals surface area contributed by atoms with E-state index in [1.807, 2.05) is 7.05 Å². The highest BCUT2D eigenvalue weighted by Gasteiger charge is 2.30. The Morgan fingerprint density at radius 2 is 2.16 bits per heavy atom. The van der Waals surface area contributed by atoms with Gasteiger partial charge in [0.2, 0.25) is 5.91 Å². The van der Waals surface area contributed by atoms with Crippen LogP contribution in [0, 0.1) is 5.82 Å². The SMILES string of the molecule is CN1/C(=N/C2CCCC2)SCC1CC(=O)Nc1ccc(F)cc1Cl.Cl. The van der Waals surface area contributed by atoms with E-state index in [0.29, 0.717) is 18.2 Å². The van der Waals surface area contributed by atoms with Gasteiger partial charge in [0.05, 0.1) is 16.8 Å². The number of nitrogens with zero attached hydrogens (tertiary/aromatic N) is 2. The van der Waals surface area contributed by atoms with E-state index in [1.165, 1.54) is 43.9 Å². The Morgan fingerprint density at radius 3 is 2.84 bits per heavy atom. The molecule has 1 aliphatic carbocycles. The van der Waals surface area contributed by atoms with Gasteiger partial charge in [-0.15, -0.1) is 12.4 Å². The fourth-order valence-electron chi connectivity index (χ4n) is 3.06. The fraction of sp³-hybridized carbons (Fsp3) is 0.529.